The maximum atomic E-state index is 6.08. The van der Waals surface area contributed by atoms with Crippen molar-refractivity contribution in [1.29, 1.82) is 0 Å². The molecule has 0 saturated heterocycles. The molecule has 0 radical (unpaired) electrons. The molecule has 1 N–H and O–H groups in total. The molecule has 1 aromatic carbocycles. The highest BCUT2D eigenvalue weighted by atomic mass is 16.5. The number of hydrogen-bond acceptors (Lipinski definition) is 2. The van der Waals surface area contributed by atoms with Gasteiger partial charge in [0.1, 0.15) is 5.75 Å². The van der Waals surface area contributed by atoms with Crippen molar-refractivity contribution >= 4 is 5.69 Å². The van der Waals surface area contributed by atoms with Gasteiger partial charge in [-0.05, 0) is 43.2 Å². The first kappa shape index (κ1) is 11.9. The van der Waals surface area contributed by atoms with Gasteiger partial charge in [0.05, 0.1) is 12.3 Å². The van der Waals surface area contributed by atoms with Crippen molar-refractivity contribution in [2.75, 3.05) is 18.5 Å². The van der Waals surface area contributed by atoms with Crippen LogP contribution < -0.4 is 10.1 Å². The highest BCUT2D eigenvalue weighted by Crippen LogP contribution is 2.33. The summed E-state index contributed by atoms with van der Waals surface area (Å²) in [6, 6.07) is 6.46. The number of para-hydroxylation sites is 1. The molecule has 0 atom stereocenters. The fraction of sp³-hybridized carbons (Fsp3) is 0.625. The summed E-state index contributed by atoms with van der Waals surface area (Å²) in [5, 5.41) is 3.49. The van der Waals surface area contributed by atoms with Gasteiger partial charge in [0.2, 0.25) is 0 Å². The number of rotatable bonds is 3. The maximum Gasteiger partial charge on any atom is 0.142 e. The van der Waals surface area contributed by atoms with E-state index in [0.717, 1.165) is 24.8 Å². The first-order valence-electron chi connectivity index (χ1n) is 7.42. The second-order valence-corrected chi connectivity index (χ2v) is 5.64. The number of benzene rings is 1. The van der Waals surface area contributed by atoms with E-state index in [1.807, 2.05) is 0 Å². The first-order valence-corrected chi connectivity index (χ1v) is 7.42. The molecule has 1 aliphatic heterocycles. The van der Waals surface area contributed by atoms with Crippen LogP contribution in [0.15, 0.2) is 18.2 Å². The van der Waals surface area contributed by atoms with Crippen LogP contribution in [0.25, 0.3) is 0 Å². The number of fused-ring (bicyclic) bond motifs is 1. The van der Waals surface area contributed by atoms with E-state index >= 15 is 0 Å². The molecule has 0 amide bonds. The molecule has 18 heavy (non-hydrogen) atoms. The Bertz CT molecular complexity index is 396. The zero-order valence-electron chi connectivity index (χ0n) is 11.1. The molecule has 1 aliphatic carbocycles. The van der Waals surface area contributed by atoms with E-state index in [-0.39, 0.29) is 0 Å². The summed E-state index contributed by atoms with van der Waals surface area (Å²) in [5.74, 6) is 1.84. The predicted octanol–water partition coefficient (Wildman–Crippen LogP) is 4.00. The van der Waals surface area contributed by atoms with Gasteiger partial charge >= 0.3 is 0 Å². The predicted molar refractivity (Wildman–Crippen MR) is 75.3 cm³/mol. The molecular weight excluding hydrogens is 222 g/mol. The van der Waals surface area contributed by atoms with Crippen LogP contribution in [-0.2, 0) is 6.42 Å². The van der Waals surface area contributed by atoms with E-state index in [0.29, 0.717) is 0 Å². The summed E-state index contributed by atoms with van der Waals surface area (Å²) in [6.45, 7) is 1.98. The second-order valence-electron chi connectivity index (χ2n) is 5.64. The third-order valence-electron chi connectivity index (χ3n) is 4.24. The standard InChI is InChI=1S/C16H23NO/c1-2-6-13(7-3-1)12-18-15-10-4-8-14-9-5-11-17-16(14)15/h4,8,10,13,17H,1-3,5-7,9,11-12H2. The Morgan fingerprint density at radius 2 is 2.00 bits per heavy atom. The van der Waals surface area contributed by atoms with Gasteiger partial charge in [-0.3, -0.25) is 0 Å². The summed E-state index contributed by atoms with van der Waals surface area (Å²) in [5.41, 5.74) is 2.67. The molecule has 1 heterocycles. The fourth-order valence-electron chi connectivity index (χ4n) is 3.16. The van der Waals surface area contributed by atoms with Crippen molar-refractivity contribution in [3.63, 3.8) is 0 Å². The summed E-state index contributed by atoms with van der Waals surface area (Å²) >= 11 is 0. The topological polar surface area (TPSA) is 21.3 Å². The van der Waals surface area contributed by atoms with Crippen LogP contribution in [0, 0.1) is 5.92 Å². The minimum absolute atomic E-state index is 0.776. The Hall–Kier alpha value is -1.18. The molecule has 1 saturated carbocycles. The van der Waals surface area contributed by atoms with Crippen molar-refractivity contribution in [3.05, 3.63) is 23.8 Å². The quantitative estimate of drug-likeness (QED) is 0.869. The van der Waals surface area contributed by atoms with Gasteiger partial charge < -0.3 is 10.1 Å². The molecule has 2 heteroatoms. The lowest BCUT2D eigenvalue weighted by Crippen LogP contribution is -2.17. The molecule has 3 rings (SSSR count). The molecule has 0 aromatic heterocycles. The molecule has 2 nitrogen and oxygen atoms in total. The molecule has 0 spiro atoms. The second kappa shape index (κ2) is 5.64. The van der Waals surface area contributed by atoms with Crippen molar-refractivity contribution in [3.8, 4) is 5.75 Å². The van der Waals surface area contributed by atoms with Crippen molar-refractivity contribution in [2.24, 2.45) is 5.92 Å². The van der Waals surface area contributed by atoms with Crippen LogP contribution in [0.3, 0.4) is 0 Å². The number of aryl methyl sites for hydroxylation is 1. The minimum Gasteiger partial charge on any atom is -0.491 e. The van der Waals surface area contributed by atoms with Crippen LogP contribution in [0.1, 0.15) is 44.1 Å². The van der Waals surface area contributed by atoms with E-state index in [2.05, 4.69) is 23.5 Å². The molecule has 1 fully saturated rings. The smallest absolute Gasteiger partial charge is 0.142 e. The zero-order chi connectivity index (χ0) is 12.2. The number of anilines is 1. The van der Waals surface area contributed by atoms with Gasteiger partial charge in [-0.2, -0.15) is 0 Å². The lowest BCUT2D eigenvalue weighted by molar-refractivity contribution is 0.209. The maximum absolute atomic E-state index is 6.08. The number of hydrogen-bond donors (Lipinski definition) is 1. The van der Waals surface area contributed by atoms with E-state index in [9.17, 15) is 0 Å². The summed E-state index contributed by atoms with van der Waals surface area (Å²) in [6.07, 6.45) is 9.31. The van der Waals surface area contributed by atoms with Crippen molar-refractivity contribution in [2.45, 2.75) is 44.9 Å². The molecule has 0 bridgehead atoms. The van der Waals surface area contributed by atoms with E-state index < -0.39 is 0 Å². The lowest BCUT2D eigenvalue weighted by Gasteiger charge is -2.24. The minimum atomic E-state index is 0.776. The Morgan fingerprint density at radius 3 is 2.89 bits per heavy atom. The summed E-state index contributed by atoms with van der Waals surface area (Å²) in [4.78, 5) is 0. The third kappa shape index (κ3) is 2.63. The van der Waals surface area contributed by atoms with Crippen LogP contribution in [-0.4, -0.2) is 13.2 Å². The fourth-order valence-corrected chi connectivity index (χ4v) is 3.16. The normalized spacial score (nSPS) is 20.0. The van der Waals surface area contributed by atoms with E-state index in [4.69, 9.17) is 4.74 Å². The number of nitrogens with one attached hydrogen (secondary N) is 1. The Morgan fingerprint density at radius 1 is 1.11 bits per heavy atom. The van der Waals surface area contributed by atoms with Crippen LogP contribution in [0.4, 0.5) is 5.69 Å². The van der Waals surface area contributed by atoms with Gasteiger partial charge in [0, 0.05) is 6.54 Å². The van der Waals surface area contributed by atoms with Crippen molar-refractivity contribution in [1.82, 2.24) is 0 Å². The monoisotopic (exact) mass is 245 g/mol. The summed E-state index contributed by atoms with van der Waals surface area (Å²) in [7, 11) is 0. The average Bonchev–Trinajstić information content (AvgIpc) is 2.46. The molecule has 0 unspecified atom stereocenters. The van der Waals surface area contributed by atoms with E-state index in [1.165, 1.54) is 56.2 Å². The Balaban J connectivity index is 1.65. The van der Waals surface area contributed by atoms with Gasteiger partial charge in [0.25, 0.3) is 0 Å². The first-order chi connectivity index (χ1) is 8.93. The van der Waals surface area contributed by atoms with Gasteiger partial charge in [0.15, 0.2) is 0 Å². The zero-order valence-corrected chi connectivity index (χ0v) is 11.1. The van der Waals surface area contributed by atoms with E-state index in [1.54, 1.807) is 0 Å². The molecule has 2 aliphatic rings. The van der Waals surface area contributed by atoms with Crippen LogP contribution in [0.2, 0.25) is 0 Å². The number of ether oxygens (including phenoxy) is 1. The van der Waals surface area contributed by atoms with Crippen LogP contribution >= 0.6 is 0 Å². The lowest BCUT2D eigenvalue weighted by atomic mass is 9.90. The molecular formula is C16H23NO. The highest BCUT2D eigenvalue weighted by Gasteiger charge is 2.17. The largest absolute Gasteiger partial charge is 0.491 e. The Kier molecular flexibility index (Phi) is 3.72. The van der Waals surface area contributed by atoms with Crippen molar-refractivity contribution < 1.29 is 4.74 Å². The molecule has 1 aromatic rings. The SMILES string of the molecule is c1cc2c(c(OCC3CCCCC3)c1)NCCC2. The highest BCUT2D eigenvalue weighted by molar-refractivity contribution is 5.63. The third-order valence-corrected chi connectivity index (χ3v) is 4.24. The Labute approximate surface area is 110 Å². The van der Waals surface area contributed by atoms with Gasteiger partial charge in [-0.15, -0.1) is 0 Å². The summed E-state index contributed by atoms with van der Waals surface area (Å²) < 4.78 is 6.08. The van der Waals surface area contributed by atoms with Gasteiger partial charge in [-0.25, -0.2) is 0 Å². The van der Waals surface area contributed by atoms with Gasteiger partial charge in [-0.1, -0.05) is 31.4 Å². The average molecular weight is 245 g/mol. The van der Waals surface area contributed by atoms with Crippen LogP contribution in [0.5, 0.6) is 5.75 Å². The molecule has 98 valence electrons.